The van der Waals surface area contributed by atoms with Crippen molar-refractivity contribution in [2.24, 2.45) is 0 Å². The van der Waals surface area contributed by atoms with Gasteiger partial charge in [0.1, 0.15) is 23.1 Å². The van der Waals surface area contributed by atoms with Crippen molar-refractivity contribution < 1.29 is 31.5 Å². The Kier molecular flexibility index (Phi) is 6.85. The van der Waals surface area contributed by atoms with E-state index in [0.717, 1.165) is 30.3 Å². The molecule has 1 amide bonds. The van der Waals surface area contributed by atoms with Gasteiger partial charge in [0.05, 0.1) is 35.5 Å². The van der Waals surface area contributed by atoms with Crippen LogP contribution in [0.4, 0.5) is 20.2 Å². The Balaban J connectivity index is 1.85. The van der Waals surface area contributed by atoms with Gasteiger partial charge in [-0.1, -0.05) is 11.6 Å². The van der Waals surface area contributed by atoms with Gasteiger partial charge >= 0.3 is 0 Å². The highest BCUT2D eigenvalue weighted by Gasteiger charge is 2.21. The molecule has 0 heterocycles. The zero-order chi connectivity index (χ0) is 23.5. The molecule has 0 radical (unpaired) electrons. The lowest BCUT2D eigenvalue weighted by Crippen LogP contribution is -2.16. The third-order valence-corrected chi connectivity index (χ3v) is 5.98. The fourth-order valence-corrected chi connectivity index (χ4v) is 4.01. The minimum Gasteiger partial charge on any atom is -0.495 e. The fraction of sp³-hybridized carbons (Fsp3) is 0.0952. The molecule has 0 bridgehead atoms. The number of hydrogen-bond acceptors (Lipinski definition) is 5. The first-order valence-electron chi connectivity index (χ1n) is 8.95. The Bertz CT molecular complexity index is 1270. The molecule has 3 aromatic carbocycles. The second kappa shape index (κ2) is 9.41. The van der Waals surface area contributed by atoms with E-state index in [1.165, 1.54) is 38.5 Å². The molecule has 3 rings (SSSR count). The van der Waals surface area contributed by atoms with Gasteiger partial charge in [0.2, 0.25) is 0 Å². The molecule has 0 spiro atoms. The Labute approximate surface area is 188 Å². The molecule has 0 aromatic heterocycles. The number of sulfonamides is 1. The normalized spacial score (nSPS) is 11.0. The van der Waals surface area contributed by atoms with Crippen molar-refractivity contribution in [1.29, 1.82) is 0 Å². The molecule has 0 saturated carbocycles. The summed E-state index contributed by atoms with van der Waals surface area (Å²) in [4.78, 5) is 11.8. The Morgan fingerprint density at radius 3 is 2.16 bits per heavy atom. The van der Waals surface area contributed by atoms with Crippen LogP contribution in [0.1, 0.15) is 10.4 Å². The summed E-state index contributed by atoms with van der Waals surface area (Å²) < 4.78 is 65.6. The zero-order valence-corrected chi connectivity index (χ0v) is 18.4. The highest BCUT2D eigenvalue weighted by atomic mass is 35.5. The van der Waals surface area contributed by atoms with E-state index >= 15 is 0 Å². The molecular weight excluding hydrogens is 466 g/mol. The first-order chi connectivity index (χ1) is 15.1. The molecule has 168 valence electrons. The summed E-state index contributed by atoms with van der Waals surface area (Å²) in [5.74, 6) is -1.86. The second-order valence-corrected chi connectivity index (χ2v) is 8.48. The number of anilines is 2. The van der Waals surface area contributed by atoms with E-state index in [2.05, 4.69) is 10.0 Å². The van der Waals surface area contributed by atoms with E-state index in [-0.39, 0.29) is 33.5 Å². The van der Waals surface area contributed by atoms with E-state index in [0.29, 0.717) is 0 Å². The number of halogens is 3. The van der Waals surface area contributed by atoms with Gasteiger partial charge in [-0.05, 0) is 42.5 Å². The van der Waals surface area contributed by atoms with Crippen LogP contribution in [-0.4, -0.2) is 28.5 Å². The quantitative estimate of drug-likeness (QED) is 0.509. The van der Waals surface area contributed by atoms with Crippen molar-refractivity contribution >= 4 is 38.9 Å². The van der Waals surface area contributed by atoms with Crippen LogP contribution in [0.3, 0.4) is 0 Å². The first kappa shape index (κ1) is 23.3. The molecule has 0 fully saturated rings. The molecule has 0 saturated heterocycles. The molecule has 7 nitrogen and oxygen atoms in total. The van der Waals surface area contributed by atoms with Crippen LogP contribution in [0.5, 0.6) is 11.5 Å². The molecule has 0 aliphatic carbocycles. The number of nitrogens with one attached hydrogen (secondary N) is 2. The van der Waals surface area contributed by atoms with Crippen LogP contribution in [0.15, 0.2) is 59.5 Å². The zero-order valence-electron chi connectivity index (χ0n) is 16.8. The lowest BCUT2D eigenvalue weighted by molar-refractivity contribution is 0.102. The van der Waals surface area contributed by atoms with Gasteiger partial charge in [-0.2, -0.15) is 0 Å². The van der Waals surface area contributed by atoms with Crippen molar-refractivity contribution in [2.75, 3.05) is 24.3 Å². The van der Waals surface area contributed by atoms with Gasteiger partial charge in [-0.3, -0.25) is 9.52 Å². The predicted molar refractivity (Wildman–Crippen MR) is 116 cm³/mol. The van der Waals surface area contributed by atoms with E-state index in [4.69, 9.17) is 21.1 Å². The maximum atomic E-state index is 14.5. The minimum absolute atomic E-state index is 0.0304. The average molecular weight is 483 g/mol. The molecule has 0 aliphatic rings. The van der Waals surface area contributed by atoms with Gasteiger partial charge in [0.15, 0.2) is 0 Å². The lowest BCUT2D eigenvalue weighted by Gasteiger charge is -2.15. The largest absolute Gasteiger partial charge is 0.495 e. The average Bonchev–Trinajstić information content (AvgIpc) is 2.76. The first-order valence-corrected chi connectivity index (χ1v) is 10.8. The molecule has 0 unspecified atom stereocenters. The predicted octanol–water partition coefficient (Wildman–Crippen LogP) is 4.69. The number of methoxy groups -OCH3 is 2. The molecular formula is C21H17ClF2N2O5S. The monoisotopic (exact) mass is 482 g/mol. The van der Waals surface area contributed by atoms with Crippen LogP contribution in [-0.2, 0) is 10.0 Å². The van der Waals surface area contributed by atoms with Crippen molar-refractivity contribution in [1.82, 2.24) is 0 Å². The van der Waals surface area contributed by atoms with E-state index < -0.39 is 32.5 Å². The number of rotatable bonds is 7. The lowest BCUT2D eigenvalue weighted by atomic mass is 10.2. The molecule has 2 N–H and O–H groups in total. The van der Waals surface area contributed by atoms with Gasteiger partial charge < -0.3 is 14.8 Å². The highest BCUT2D eigenvalue weighted by Crippen LogP contribution is 2.37. The standard InChI is InChI=1S/C21H17ClF2N2O5S/c1-30-19-11-18(20(31-2)10-15(19)22)26-32(28,29)14-7-8-17(16(24)9-14)25-21(27)12-3-5-13(23)6-4-12/h3-11,26H,1-2H3,(H,25,27). The molecule has 32 heavy (non-hydrogen) atoms. The van der Waals surface area contributed by atoms with Crippen molar-refractivity contribution in [3.05, 3.63) is 76.8 Å². The fourth-order valence-electron chi connectivity index (χ4n) is 2.70. The van der Waals surface area contributed by atoms with E-state index in [9.17, 15) is 22.0 Å². The topological polar surface area (TPSA) is 93.7 Å². The highest BCUT2D eigenvalue weighted by molar-refractivity contribution is 7.92. The number of amides is 1. The summed E-state index contributed by atoms with van der Waals surface area (Å²) in [5.41, 5.74) is -0.111. The van der Waals surface area contributed by atoms with Crippen LogP contribution < -0.4 is 19.5 Å². The molecule has 11 heteroatoms. The number of carbonyl (C=O) groups is 1. The number of carbonyl (C=O) groups excluding carboxylic acids is 1. The van der Waals surface area contributed by atoms with Crippen molar-refractivity contribution in [3.63, 3.8) is 0 Å². The Morgan fingerprint density at radius 2 is 1.56 bits per heavy atom. The molecule has 0 aliphatic heterocycles. The maximum Gasteiger partial charge on any atom is 0.262 e. The molecule has 0 atom stereocenters. The summed E-state index contributed by atoms with van der Waals surface area (Å²) in [6.45, 7) is 0. The van der Waals surface area contributed by atoms with Crippen molar-refractivity contribution in [2.45, 2.75) is 4.90 Å². The maximum absolute atomic E-state index is 14.5. The summed E-state index contributed by atoms with van der Waals surface area (Å²) in [7, 11) is -1.54. The molecule has 3 aromatic rings. The van der Waals surface area contributed by atoms with E-state index in [1.54, 1.807) is 0 Å². The van der Waals surface area contributed by atoms with Gasteiger partial charge in [0.25, 0.3) is 15.9 Å². The SMILES string of the molecule is COc1cc(NS(=O)(=O)c2ccc(NC(=O)c3ccc(F)cc3)c(F)c2)c(OC)cc1Cl. The summed E-state index contributed by atoms with van der Waals surface area (Å²) >= 11 is 6.02. The van der Waals surface area contributed by atoms with Gasteiger partial charge in [-0.15, -0.1) is 0 Å². The number of ether oxygens (including phenoxy) is 2. The van der Waals surface area contributed by atoms with Crippen molar-refractivity contribution in [3.8, 4) is 11.5 Å². The summed E-state index contributed by atoms with van der Waals surface area (Å²) in [5, 5.41) is 2.52. The van der Waals surface area contributed by atoms with Crippen LogP contribution in [0, 0.1) is 11.6 Å². The van der Waals surface area contributed by atoms with Gasteiger partial charge in [-0.25, -0.2) is 17.2 Å². The minimum atomic E-state index is -4.23. The third kappa shape index (κ3) is 5.09. The Morgan fingerprint density at radius 1 is 0.906 bits per heavy atom. The Hall–Kier alpha value is -3.37. The van der Waals surface area contributed by atoms with Crippen LogP contribution in [0.25, 0.3) is 0 Å². The van der Waals surface area contributed by atoms with Gasteiger partial charge in [0, 0.05) is 17.7 Å². The second-order valence-electron chi connectivity index (χ2n) is 6.40. The summed E-state index contributed by atoms with van der Waals surface area (Å²) in [6, 6.07) is 10.3. The number of hydrogen-bond donors (Lipinski definition) is 2. The van der Waals surface area contributed by atoms with E-state index in [1.807, 2.05) is 0 Å². The number of benzene rings is 3. The third-order valence-electron chi connectivity index (χ3n) is 4.32. The van der Waals surface area contributed by atoms with Crippen LogP contribution in [0.2, 0.25) is 5.02 Å². The smallest absolute Gasteiger partial charge is 0.262 e. The summed E-state index contributed by atoms with van der Waals surface area (Å²) in [6.07, 6.45) is 0. The van der Waals surface area contributed by atoms with Crippen LogP contribution >= 0.6 is 11.6 Å².